The lowest BCUT2D eigenvalue weighted by Crippen LogP contribution is -1.93. The number of aldehydes is 1. The van der Waals surface area contributed by atoms with Crippen molar-refractivity contribution in [3.8, 4) is 22.6 Å². The monoisotopic (exact) mass is 383 g/mol. The van der Waals surface area contributed by atoms with Crippen molar-refractivity contribution >= 4 is 39.8 Å². The van der Waals surface area contributed by atoms with Gasteiger partial charge in [-0.2, -0.15) is 0 Å². The Labute approximate surface area is 166 Å². The van der Waals surface area contributed by atoms with Crippen LogP contribution in [0.3, 0.4) is 0 Å². The van der Waals surface area contributed by atoms with E-state index in [0.717, 1.165) is 33.7 Å². The van der Waals surface area contributed by atoms with Crippen LogP contribution in [0.25, 0.3) is 44.5 Å². The average molecular weight is 384 g/mol. The maximum absolute atomic E-state index is 11.9. The highest BCUT2D eigenvalue weighted by atomic mass is 35.5. The molecule has 0 saturated carbocycles. The van der Waals surface area contributed by atoms with E-state index in [9.17, 15) is 4.79 Å². The first-order valence-electron chi connectivity index (χ1n) is 8.88. The highest BCUT2D eigenvalue weighted by Crippen LogP contribution is 2.39. The zero-order chi connectivity index (χ0) is 19.1. The summed E-state index contributed by atoms with van der Waals surface area (Å²) in [6.45, 7) is 0. The molecule has 0 saturated heterocycles. The second-order valence-corrected chi connectivity index (χ2v) is 6.93. The minimum atomic E-state index is 0.424. The van der Waals surface area contributed by atoms with E-state index >= 15 is 0 Å². The Morgan fingerprint density at radius 2 is 1.68 bits per heavy atom. The van der Waals surface area contributed by atoms with Crippen LogP contribution in [0.15, 0.2) is 83.3 Å². The maximum Gasteiger partial charge on any atom is 0.227 e. The van der Waals surface area contributed by atoms with Gasteiger partial charge >= 0.3 is 0 Å². The molecule has 0 fully saturated rings. The summed E-state index contributed by atoms with van der Waals surface area (Å²) in [6, 6.07) is 25.2. The molecule has 0 bridgehead atoms. The molecule has 1 heterocycles. The lowest BCUT2D eigenvalue weighted by Gasteiger charge is -2.12. The minimum Gasteiger partial charge on any atom is -0.436 e. The van der Waals surface area contributed by atoms with Gasteiger partial charge in [0.2, 0.25) is 5.89 Å². The highest BCUT2D eigenvalue weighted by molar-refractivity contribution is 6.35. The molecule has 1 aromatic heterocycles. The Morgan fingerprint density at radius 3 is 2.50 bits per heavy atom. The number of para-hydroxylation sites is 1. The molecule has 0 amide bonds. The SMILES string of the molecule is O=Cc1c(Cl)cc2ccccc2c1-c1cccc2oc(-c3ccccc3)nc12. The van der Waals surface area contributed by atoms with Gasteiger partial charge in [0.15, 0.2) is 11.9 Å². The van der Waals surface area contributed by atoms with Crippen LogP contribution >= 0.6 is 11.6 Å². The molecule has 3 nitrogen and oxygen atoms in total. The minimum absolute atomic E-state index is 0.424. The predicted molar refractivity (Wildman–Crippen MR) is 113 cm³/mol. The van der Waals surface area contributed by atoms with Crippen LogP contribution in [-0.4, -0.2) is 11.3 Å². The van der Waals surface area contributed by atoms with Gasteiger partial charge in [-0.05, 0) is 35.0 Å². The Balaban J connectivity index is 1.86. The van der Waals surface area contributed by atoms with Gasteiger partial charge in [-0.15, -0.1) is 0 Å². The molecule has 0 aliphatic heterocycles. The van der Waals surface area contributed by atoms with Crippen LogP contribution < -0.4 is 0 Å². The Hall–Kier alpha value is -3.43. The third-order valence-electron chi connectivity index (χ3n) is 4.87. The zero-order valence-corrected chi connectivity index (χ0v) is 15.5. The van der Waals surface area contributed by atoms with Crippen molar-refractivity contribution in [2.45, 2.75) is 0 Å². The summed E-state index contributed by atoms with van der Waals surface area (Å²) in [4.78, 5) is 16.6. The van der Waals surface area contributed by atoms with Gasteiger partial charge in [-0.25, -0.2) is 4.98 Å². The van der Waals surface area contributed by atoms with E-state index in [1.165, 1.54) is 0 Å². The number of benzene rings is 4. The summed E-state index contributed by atoms with van der Waals surface area (Å²) >= 11 is 6.44. The number of aromatic nitrogens is 1. The fourth-order valence-electron chi connectivity index (χ4n) is 3.59. The molecule has 134 valence electrons. The molecular formula is C24H14ClNO2. The van der Waals surface area contributed by atoms with Crippen molar-refractivity contribution in [3.05, 3.63) is 89.4 Å². The number of rotatable bonds is 3. The molecule has 4 heteroatoms. The number of halogens is 1. The third kappa shape index (κ3) is 2.60. The number of carbonyl (C=O) groups is 1. The number of hydrogen-bond donors (Lipinski definition) is 0. The molecule has 0 atom stereocenters. The van der Waals surface area contributed by atoms with Crippen LogP contribution in [0, 0.1) is 0 Å². The van der Waals surface area contributed by atoms with E-state index in [1.807, 2.05) is 78.9 Å². The summed E-state index contributed by atoms with van der Waals surface area (Å²) in [7, 11) is 0. The van der Waals surface area contributed by atoms with Crippen molar-refractivity contribution in [2.75, 3.05) is 0 Å². The molecule has 0 unspecified atom stereocenters. The Kier molecular flexibility index (Phi) is 3.96. The van der Waals surface area contributed by atoms with Gasteiger partial charge < -0.3 is 4.42 Å². The lowest BCUT2D eigenvalue weighted by molar-refractivity contribution is 0.112. The highest BCUT2D eigenvalue weighted by Gasteiger charge is 2.19. The van der Waals surface area contributed by atoms with Crippen molar-refractivity contribution in [1.82, 2.24) is 4.98 Å². The van der Waals surface area contributed by atoms with E-state index in [4.69, 9.17) is 21.0 Å². The quantitative estimate of drug-likeness (QED) is 0.322. The first kappa shape index (κ1) is 16.7. The van der Waals surface area contributed by atoms with Crippen molar-refractivity contribution in [3.63, 3.8) is 0 Å². The van der Waals surface area contributed by atoms with Crippen LogP contribution in [-0.2, 0) is 0 Å². The van der Waals surface area contributed by atoms with Gasteiger partial charge in [0.25, 0.3) is 0 Å². The fourth-order valence-corrected chi connectivity index (χ4v) is 3.85. The molecule has 5 aromatic rings. The van der Waals surface area contributed by atoms with Crippen molar-refractivity contribution < 1.29 is 9.21 Å². The number of oxazole rings is 1. The first-order valence-corrected chi connectivity index (χ1v) is 9.26. The fraction of sp³-hybridized carbons (Fsp3) is 0. The molecule has 4 aromatic carbocycles. The number of fused-ring (bicyclic) bond motifs is 2. The van der Waals surface area contributed by atoms with Crippen molar-refractivity contribution in [1.29, 1.82) is 0 Å². The first-order chi connectivity index (χ1) is 13.8. The second kappa shape index (κ2) is 6.63. The number of nitrogens with zero attached hydrogens (tertiary/aromatic N) is 1. The second-order valence-electron chi connectivity index (χ2n) is 6.52. The molecule has 28 heavy (non-hydrogen) atoms. The summed E-state index contributed by atoms with van der Waals surface area (Å²) in [5.74, 6) is 0.544. The van der Waals surface area contributed by atoms with Gasteiger partial charge in [-0.1, -0.05) is 66.2 Å². The zero-order valence-electron chi connectivity index (χ0n) is 14.7. The molecule has 0 N–H and O–H groups in total. The van der Waals surface area contributed by atoms with E-state index in [0.29, 0.717) is 27.6 Å². The third-order valence-corrected chi connectivity index (χ3v) is 5.18. The van der Waals surface area contributed by atoms with Gasteiger partial charge in [0.1, 0.15) is 5.52 Å². The summed E-state index contributed by atoms with van der Waals surface area (Å²) in [5, 5.41) is 2.34. The average Bonchev–Trinajstić information content (AvgIpc) is 3.18. The smallest absolute Gasteiger partial charge is 0.227 e. The van der Waals surface area contributed by atoms with Crippen LogP contribution in [0.5, 0.6) is 0 Å². The van der Waals surface area contributed by atoms with E-state index in [1.54, 1.807) is 0 Å². The van der Waals surface area contributed by atoms with Crippen LogP contribution in [0.4, 0.5) is 0 Å². The standard InChI is InChI=1S/C24H14ClNO2/c25-20-13-16-9-4-5-10-17(16)22(19(20)14-27)18-11-6-12-21-23(18)26-24(28-21)15-7-2-1-3-8-15/h1-14H. The number of hydrogen-bond acceptors (Lipinski definition) is 3. The Morgan fingerprint density at radius 1 is 0.893 bits per heavy atom. The lowest BCUT2D eigenvalue weighted by atomic mass is 9.93. The van der Waals surface area contributed by atoms with Crippen molar-refractivity contribution in [2.24, 2.45) is 0 Å². The maximum atomic E-state index is 11.9. The van der Waals surface area contributed by atoms with Gasteiger partial charge in [0, 0.05) is 22.3 Å². The molecule has 0 spiro atoms. The largest absolute Gasteiger partial charge is 0.436 e. The van der Waals surface area contributed by atoms with Crippen LogP contribution in [0.2, 0.25) is 5.02 Å². The topological polar surface area (TPSA) is 43.1 Å². The van der Waals surface area contributed by atoms with Crippen LogP contribution in [0.1, 0.15) is 10.4 Å². The van der Waals surface area contributed by atoms with E-state index < -0.39 is 0 Å². The van der Waals surface area contributed by atoms with Gasteiger partial charge in [0.05, 0.1) is 5.02 Å². The molecule has 5 rings (SSSR count). The normalized spacial score (nSPS) is 11.2. The summed E-state index contributed by atoms with van der Waals surface area (Å²) < 4.78 is 6.00. The van der Waals surface area contributed by atoms with Gasteiger partial charge in [-0.3, -0.25) is 4.79 Å². The predicted octanol–water partition coefficient (Wildman–Crippen LogP) is 6.78. The summed E-state index contributed by atoms with van der Waals surface area (Å²) in [6.07, 6.45) is 0.807. The Bertz CT molecular complexity index is 1340. The van der Waals surface area contributed by atoms with E-state index in [-0.39, 0.29) is 0 Å². The molecule has 0 aliphatic carbocycles. The van der Waals surface area contributed by atoms with E-state index in [2.05, 4.69) is 0 Å². The summed E-state index contributed by atoms with van der Waals surface area (Å²) in [5.41, 5.74) is 4.32. The number of carbonyl (C=O) groups excluding carboxylic acids is 1. The molecule has 0 radical (unpaired) electrons. The molecular weight excluding hydrogens is 370 g/mol. The molecule has 0 aliphatic rings.